The minimum Gasteiger partial charge on any atom is -0.356 e. The first kappa shape index (κ1) is 15.2. The molecule has 4 rings (SSSR count). The van der Waals surface area contributed by atoms with Crippen LogP contribution in [0.1, 0.15) is 25.7 Å². The summed E-state index contributed by atoms with van der Waals surface area (Å²) in [6, 6.07) is 8.51. The van der Waals surface area contributed by atoms with Crippen molar-refractivity contribution in [2.45, 2.75) is 38.3 Å². The molecule has 126 valence electrons. The molecule has 2 aliphatic rings. The Morgan fingerprint density at radius 1 is 1.29 bits per heavy atom. The number of fused-ring (bicyclic) bond motifs is 1. The van der Waals surface area contributed by atoms with Crippen LogP contribution in [0.3, 0.4) is 0 Å². The Labute approximate surface area is 140 Å². The van der Waals surface area contributed by atoms with E-state index in [-0.39, 0.29) is 17.7 Å². The summed E-state index contributed by atoms with van der Waals surface area (Å²) >= 11 is 0. The third-order valence-corrected chi connectivity index (χ3v) is 4.91. The van der Waals surface area contributed by atoms with Gasteiger partial charge < -0.3 is 10.2 Å². The molecule has 2 amide bonds. The largest absolute Gasteiger partial charge is 0.356 e. The Hall–Kier alpha value is -2.37. The number of benzene rings is 1. The van der Waals surface area contributed by atoms with Crippen molar-refractivity contribution in [2.75, 3.05) is 13.1 Å². The van der Waals surface area contributed by atoms with E-state index in [2.05, 4.69) is 16.5 Å². The Bertz CT molecular complexity index is 765. The van der Waals surface area contributed by atoms with Gasteiger partial charge in [-0.2, -0.15) is 5.10 Å². The zero-order chi connectivity index (χ0) is 16.5. The van der Waals surface area contributed by atoms with Crippen molar-refractivity contribution >= 4 is 22.7 Å². The minimum absolute atomic E-state index is 0.0109. The first-order valence-electron chi connectivity index (χ1n) is 8.70. The molecule has 1 aromatic heterocycles. The van der Waals surface area contributed by atoms with Crippen LogP contribution in [0.5, 0.6) is 0 Å². The molecule has 0 radical (unpaired) electrons. The molecular weight excluding hydrogens is 304 g/mol. The van der Waals surface area contributed by atoms with Crippen LogP contribution in [0.25, 0.3) is 10.9 Å². The lowest BCUT2D eigenvalue weighted by molar-refractivity contribution is -0.129. The zero-order valence-electron chi connectivity index (χ0n) is 13.6. The summed E-state index contributed by atoms with van der Waals surface area (Å²) in [6.07, 6.45) is 5.25. The number of amides is 2. The molecule has 1 aliphatic carbocycles. The lowest BCUT2D eigenvalue weighted by Gasteiger charge is -2.15. The Kier molecular flexibility index (Phi) is 3.96. The quantitative estimate of drug-likeness (QED) is 0.819. The van der Waals surface area contributed by atoms with E-state index < -0.39 is 0 Å². The zero-order valence-corrected chi connectivity index (χ0v) is 13.6. The maximum atomic E-state index is 12.2. The van der Waals surface area contributed by atoms with E-state index in [0.717, 1.165) is 36.7 Å². The first-order valence-corrected chi connectivity index (χ1v) is 8.70. The summed E-state index contributed by atoms with van der Waals surface area (Å²) < 4.78 is 1.97. The van der Waals surface area contributed by atoms with E-state index in [9.17, 15) is 9.59 Å². The number of hydrogen-bond donors (Lipinski definition) is 1. The second-order valence-corrected chi connectivity index (χ2v) is 6.75. The molecule has 1 saturated carbocycles. The van der Waals surface area contributed by atoms with Gasteiger partial charge in [0.25, 0.3) is 0 Å². The molecule has 1 aliphatic heterocycles. The maximum absolute atomic E-state index is 12.2. The number of aryl methyl sites for hydroxylation is 1. The molecule has 1 N–H and O–H groups in total. The molecule has 6 heteroatoms. The fourth-order valence-corrected chi connectivity index (χ4v) is 3.44. The van der Waals surface area contributed by atoms with Crippen LogP contribution in [-0.2, 0) is 16.1 Å². The summed E-state index contributed by atoms with van der Waals surface area (Å²) in [4.78, 5) is 26.0. The number of aromatic nitrogens is 2. The molecule has 2 aromatic rings. The predicted molar refractivity (Wildman–Crippen MR) is 90.2 cm³/mol. The van der Waals surface area contributed by atoms with E-state index in [1.165, 1.54) is 0 Å². The van der Waals surface area contributed by atoms with Gasteiger partial charge in [-0.1, -0.05) is 18.2 Å². The van der Waals surface area contributed by atoms with Crippen molar-refractivity contribution in [3.63, 3.8) is 0 Å². The fourth-order valence-electron chi connectivity index (χ4n) is 3.44. The highest BCUT2D eigenvalue weighted by atomic mass is 16.2. The molecule has 0 bridgehead atoms. The first-order chi connectivity index (χ1) is 11.7. The maximum Gasteiger partial charge on any atom is 0.225 e. The van der Waals surface area contributed by atoms with Crippen molar-refractivity contribution < 1.29 is 9.59 Å². The van der Waals surface area contributed by atoms with Crippen molar-refractivity contribution in [3.05, 3.63) is 30.5 Å². The molecule has 1 saturated heterocycles. The smallest absolute Gasteiger partial charge is 0.225 e. The Balaban J connectivity index is 1.24. The summed E-state index contributed by atoms with van der Waals surface area (Å²) in [6.45, 7) is 1.98. The van der Waals surface area contributed by atoms with Gasteiger partial charge >= 0.3 is 0 Å². The lowest BCUT2D eigenvalue weighted by atomic mass is 10.1. The van der Waals surface area contributed by atoms with E-state index in [4.69, 9.17) is 0 Å². The van der Waals surface area contributed by atoms with Crippen LogP contribution in [0.2, 0.25) is 0 Å². The van der Waals surface area contributed by atoms with Gasteiger partial charge in [0.15, 0.2) is 0 Å². The molecule has 2 fully saturated rings. The molecule has 24 heavy (non-hydrogen) atoms. The summed E-state index contributed by atoms with van der Waals surface area (Å²) in [5.41, 5.74) is 1.12. The van der Waals surface area contributed by atoms with E-state index in [1.54, 1.807) is 0 Å². The van der Waals surface area contributed by atoms with Crippen LogP contribution in [0.4, 0.5) is 0 Å². The van der Waals surface area contributed by atoms with Gasteiger partial charge in [0.05, 0.1) is 17.6 Å². The average molecular weight is 326 g/mol. The molecular formula is C18H22N4O2. The van der Waals surface area contributed by atoms with Crippen molar-refractivity contribution in [2.24, 2.45) is 5.92 Å². The molecule has 0 spiro atoms. The summed E-state index contributed by atoms with van der Waals surface area (Å²) in [7, 11) is 0. The monoisotopic (exact) mass is 326 g/mol. The van der Waals surface area contributed by atoms with Crippen LogP contribution >= 0.6 is 0 Å². The standard InChI is InChI=1S/C18H22N4O2/c23-17-10-14(12-21(17)15-6-7-15)18(24)19-8-3-9-22-16-5-2-1-4-13(16)11-20-22/h1-2,4-5,11,14-15H,3,6-10,12H2,(H,19,24)/t14-/m1/s1. The number of carbonyl (C=O) groups is 2. The molecule has 1 atom stereocenters. The minimum atomic E-state index is -0.177. The third kappa shape index (κ3) is 3.00. The van der Waals surface area contributed by atoms with Crippen LogP contribution in [0, 0.1) is 5.92 Å². The molecule has 2 heterocycles. The molecule has 0 unspecified atom stereocenters. The van der Waals surface area contributed by atoms with E-state index in [1.807, 2.05) is 34.0 Å². The number of likely N-dealkylation sites (tertiary alicyclic amines) is 1. The topological polar surface area (TPSA) is 67.2 Å². The Morgan fingerprint density at radius 2 is 2.12 bits per heavy atom. The van der Waals surface area contributed by atoms with Gasteiger partial charge in [-0.15, -0.1) is 0 Å². The van der Waals surface area contributed by atoms with Crippen molar-refractivity contribution in [1.82, 2.24) is 20.0 Å². The Morgan fingerprint density at radius 3 is 2.96 bits per heavy atom. The van der Waals surface area contributed by atoms with Gasteiger partial charge in [-0.3, -0.25) is 14.3 Å². The average Bonchev–Trinajstić information content (AvgIpc) is 3.24. The van der Waals surface area contributed by atoms with Crippen LogP contribution in [-0.4, -0.2) is 45.6 Å². The van der Waals surface area contributed by atoms with Crippen molar-refractivity contribution in [3.8, 4) is 0 Å². The number of nitrogens with zero attached hydrogens (tertiary/aromatic N) is 3. The van der Waals surface area contributed by atoms with Gasteiger partial charge in [0, 0.05) is 37.5 Å². The second-order valence-electron chi connectivity index (χ2n) is 6.75. The van der Waals surface area contributed by atoms with Gasteiger partial charge in [0.2, 0.25) is 11.8 Å². The number of para-hydroxylation sites is 1. The van der Waals surface area contributed by atoms with E-state index >= 15 is 0 Å². The highest BCUT2D eigenvalue weighted by Gasteiger charge is 2.41. The normalized spacial score (nSPS) is 20.8. The lowest BCUT2D eigenvalue weighted by Crippen LogP contribution is -2.34. The number of rotatable bonds is 6. The third-order valence-electron chi connectivity index (χ3n) is 4.91. The van der Waals surface area contributed by atoms with Gasteiger partial charge in [-0.25, -0.2) is 0 Å². The highest BCUT2D eigenvalue weighted by Crippen LogP contribution is 2.32. The fraction of sp³-hybridized carbons (Fsp3) is 0.500. The predicted octanol–water partition coefficient (Wildman–Crippen LogP) is 1.55. The number of hydrogen-bond acceptors (Lipinski definition) is 3. The number of nitrogens with one attached hydrogen (secondary N) is 1. The van der Waals surface area contributed by atoms with E-state index in [0.29, 0.717) is 25.6 Å². The van der Waals surface area contributed by atoms with Crippen molar-refractivity contribution in [1.29, 1.82) is 0 Å². The summed E-state index contributed by atoms with van der Waals surface area (Å²) in [5.74, 6) is -0.0267. The van der Waals surface area contributed by atoms with Gasteiger partial charge in [0.1, 0.15) is 0 Å². The second kappa shape index (κ2) is 6.26. The number of carbonyl (C=O) groups excluding carboxylic acids is 2. The summed E-state index contributed by atoms with van der Waals surface area (Å²) in [5, 5.41) is 8.50. The molecule has 1 aromatic carbocycles. The van der Waals surface area contributed by atoms with Gasteiger partial charge in [-0.05, 0) is 25.3 Å². The molecule has 6 nitrogen and oxygen atoms in total. The van der Waals surface area contributed by atoms with Crippen LogP contribution in [0.15, 0.2) is 30.5 Å². The highest BCUT2D eigenvalue weighted by molar-refractivity contribution is 5.89. The van der Waals surface area contributed by atoms with Crippen LogP contribution < -0.4 is 5.32 Å². The SMILES string of the molecule is O=C(NCCCn1ncc2ccccc21)[C@@H]1CC(=O)N(C2CC2)C1.